The summed E-state index contributed by atoms with van der Waals surface area (Å²) in [6.45, 7) is 2.83. The van der Waals surface area contributed by atoms with Gasteiger partial charge in [-0.2, -0.15) is 0 Å². The molecule has 1 N–H and O–H groups in total. The summed E-state index contributed by atoms with van der Waals surface area (Å²) < 4.78 is 36.3. The SMILES string of the molecule is COc1ccnc(C(=O)N[C@@H](Cc2ccccc2)C(=O)O[C@@H](C)[C@H](Oc2cccc(F)c2)c2ccccc2)c1OC(C)=O. The van der Waals surface area contributed by atoms with Crippen LogP contribution >= 0.6 is 0 Å². The fraction of sp³-hybridized carbons (Fsp3) is 0.212. The lowest BCUT2D eigenvalue weighted by molar-refractivity contribution is -0.155. The molecule has 43 heavy (non-hydrogen) atoms. The third-order valence-electron chi connectivity index (χ3n) is 6.34. The molecule has 0 saturated carbocycles. The normalized spacial score (nSPS) is 12.7. The zero-order valence-corrected chi connectivity index (χ0v) is 23.9. The number of hydrogen-bond acceptors (Lipinski definition) is 8. The smallest absolute Gasteiger partial charge is 0.329 e. The minimum Gasteiger partial charge on any atom is -0.493 e. The van der Waals surface area contributed by atoms with Crippen molar-refractivity contribution in [1.29, 1.82) is 0 Å². The van der Waals surface area contributed by atoms with Crippen LogP contribution in [0.4, 0.5) is 4.39 Å². The van der Waals surface area contributed by atoms with E-state index in [0.29, 0.717) is 5.56 Å². The van der Waals surface area contributed by atoms with Crippen molar-refractivity contribution in [3.05, 3.63) is 120 Å². The summed E-state index contributed by atoms with van der Waals surface area (Å²) in [4.78, 5) is 42.9. The number of aromatic nitrogens is 1. The van der Waals surface area contributed by atoms with E-state index in [4.69, 9.17) is 18.9 Å². The highest BCUT2D eigenvalue weighted by molar-refractivity contribution is 5.98. The summed E-state index contributed by atoms with van der Waals surface area (Å²) >= 11 is 0. The van der Waals surface area contributed by atoms with Gasteiger partial charge in [-0.05, 0) is 30.2 Å². The van der Waals surface area contributed by atoms with Crippen LogP contribution in [0.2, 0.25) is 0 Å². The monoisotopic (exact) mass is 586 g/mol. The summed E-state index contributed by atoms with van der Waals surface area (Å²) in [5, 5.41) is 2.67. The van der Waals surface area contributed by atoms with Gasteiger partial charge >= 0.3 is 11.9 Å². The number of benzene rings is 3. The van der Waals surface area contributed by atoms with Crippen LogP contribution in [-0.2, 0) is 20.7 Å². The molecule has 3 aromatic carbocycles. The van der Waals surface area contributed by atoms with Gasteiger partial charge in [0.2, 0.25) is 5.75 Å². The molecule has 4 aromatic rings. The number of pyridine rings is 1. The molecular weight excluding hydrogens is 555 g/mol. The Bertz CT molecular complexity index is 1550. The molecule has 0 fully saturated rings. The molecule has 0 spiro atoms. The van der Waals surface area contributed by atoms with E-state index in [1.165, 1.54) is 44.5 Å². The molecule has 10 heteroatoms. The van der Waals surface area contributed by atoms with Gasteiger partial charge in [0.05, 0.1) is 7.11 Å². The van der Waals surface area contributed by atoms with Crippen molar-refractivity contribution in [2.75, 3.05) is 7.11 Å². The van der Waals surface area contributed by atoms with Gasteiger partial charge in [-0.15, -0.1) is 0 Å². The van der Waals surface area contributed by atoms with E-state index in [1.807, 2.05) is 60.7 Å². The molecule has 3 atom stereocenters. The highest BCUT2D eigenvalue weighted by Crippen LogP contribution is 2.30. The van der Waals surface area contributed by atoms with Crippen LogP contribution in [-0.4, -0.2) is 42.1 Å². The summed E-state index contributed by atoms with van der Waals surface area (Å²) in [7, 11) is 1.36. The minimum absolute atomic E-state index is 0.0890. The number of amides is 1. The van der Waals surface area contributed by atoms with Gasteiger partial charge in [-0.3, -0.25) is 9.59 Å². The van der Waals surface area contributed by atoms with Crippen molar-refractivity contribution in [3.63, 3.8) is 0 Å². The molecule has 0 aliphatic carbocycles. The van der Waals surface area contributed by atoms with Crippen LogP contribution in [0.1, 0.15) is 41.6 Å². The highest BCUT2D eigenvalue weighted by Gasteiger charge is 2.31. The lowest BCUT2D eigenvalue weighted by Gasteiger charge is -2.27. The lowest BCUT2D eigenvalue weighted by Crippen LogP contribution is -2.45. The van der Waals surface area contributed by atoms with E-state index in [9.17, 15) is 18.8 Å². The van der Waals surface area contributed by atoms with Crippen molar-refractivity contribution < 1.29 is 37.7 Å². The number of rotatable bonds is 12. The molecule has 1 amide bonds. The van der Waals surface area contributed by atoms with Gasteiger partial charge in [0.1, 0.15) is 23.7 Å². The van der Waals surface area contributed by atoms with Crippen molar-refractivity contribution in [2.24, 2.45) is 0 Å². The first-order chi connectivity index (χ1) is 20.7. The van der Waals surface area contributed by atoms with Gasteiger partial charge in [-0.1, -0.05) is 66.7 Å². The Morgan fingerprint density at radius 2 is 1.63 bits per heavy atom. The van der Waals surface area contributed by atoms with Crippen molar-refractivity contribution in [3.8, 4) is 17.2 Å². The fourth-order valence-electron chi connectivity index (χ4n) is 4.36. The van der Waals surface area contributed by atoms with E-state index >= 15 is 0 Å². The molecule has 0 unspecified atom stereocenters. The highest BCUT2D eigenvalue weighted by atomic mass is 19.1. The number of carbonyl (C=O) groups excluding carboxylic acids is 3. The molecule has 0 radical (unpaired) electrons. The Kier molecular flexibility index (Phi) is 10.4. The maximum atomic E-state index is 13.9. The number of carbonyl (C=O) groups is 3. The molecule has 1 aromatic heterocycles. The first-order valence-electron chi connectivity index (χ1n) is 13.5. The van der Waals surface area contributed by atoms with E-state index < -0.39 is 41.9 Å². The molecule has 9 nitrogen and oxygen atoms in total. The van der Waals surface area contributed by atoms with Crippen molar-refractivity contribution in [1.82, 2.24) is 10.3 Å². The lowest BCUT2D eigenvalue weighted by atomic mass is 10.0. The Morgan fingerprint density at radius 3 is 2.28 bits per heavy atom. The zero-order chi connectivity index (χ0) is 30.8. The average molecular weight is 587 g/mol. The van der Waals surface area contributed by atoms with Crippen LogP contribution in [0.3, 0.4) is 0 Å². The van der Waals surface area contributed by atoms with Crippen LogP contribution in [0.5, 0.6) is 17.2 Å². The Labute approximate surface area is 248 Å². The van der Waals surface area contributed by atoms with E-state index in [1.54, 1.807) is 13.0 Å². The predicted octanol–water partition coefficient (Wildman–Crippen LogP) is 5.25. The number of esters is 2. The average Bonchev–Trinajstić information content (AvgIpc) is 3.00. The standard InChI is InChI=1S/C33H31FN2O7/c1-21(30(24-13-8-5-9-14-24)43-26-16-10-15-25(34)20-26)41-33(39)27(19-23-11-6-4-7-12-23)36-32(38)29-31(42-22(2)37)28(40-3)17-18-35-29/h4-18,20-21,27,30H,19H2,1-3H3,(H,36,38)/t21-,27-,30-/m0/s1. The van der Waals surface area contributed by atoms with Gasteiger partial charge in [0, 0.05) is 31.7 Å². The number of hydrogen-bond donors (Lipinski definition) is 1. The zero-order valence-electron chi connectivity index (χ0n) is 23.9. The summed E-state index contributed by atoms with van der Waals surface area (Å²) in [5.74, 6) is -2.48. The molecule has 0 saturated heterocycles. The van der Waals surface area contributed by atoms with Crippen LogP contribution in [0, 0.1) is 5.82 Å². The van der Waals surface area contributed by atoms with Gasteiger partial charge < -0.3 is 24.3 Å². The van der Waals surface area contributed by atoms with Crippen molar-refractivity contribution >= 4 is 17.8 Å². The summed E-state index contributed by atoms with van der Waals surface area (Å²) in [6, 6.07) is 24.1. The van der Waals surface area contributed by atoms with E-state index in [2.05, 4.69) is 10.3 Å². The summed E-state index contributed by atoms with van der Waals surface area (Å²) in [5.41, 5.74) is 1.21. The second kappa shape index (κ2) is 14.6. The predicted molar refractivity (Wildman–Crippen MR) is 155 cm³/mol. The van der Waals surface area contributed by atoms with Crippen LogP contribution < -0.4 is 19.5 Å². The summed E-state index contributed by atoms with van der Waals surface area (Å²) in [6.07, 6.45) is -0.247. The molecule has 0 aliphatic rings. The maximum Gasteiger partial charge on any atom is 0.329 e. The Balaban J connectivity index is 1.61. The topological polar surface area (TPSA) is 113 Å². The van der Waals surface area contributed by atoms with E-state index in [0.717, 1.165) is 5.56 Å². The quantitative estimate of drug-likeness (QED) is 0.224. The van der Waals surface area contributed by atoms with Crippen LogP contribution in [0.15, 0.2) is 97.2 Å². The number of nitrogens with zero attached hydrogens (tertiary/aromatic N) is 1. The molecule has 4 rings (SSSR count). The molecule has 1 heterocycles. The Morgan fingerprint density at radius 1 is 0.930 bits per heavy atom. The first kappa shape index (κ1) is 30.7. The number of methoxy groups -OCH3 is 1. The number of nitrogens with one attached hydrogen (secondary N) is 1. The fourth-order valence-corrected chi connectivity index (χ4v) is 4.36. The molecular formula is C33H31FN2O7. The first-order valence-corrected chi connectivity index (χ1v) is 13.5. The minimum atomic E-state index is -1.17. The van der Waals surface area contributed by atoms with Crippen LogP contribution in [0.25, 0.3) is 0 Å². The largest absolute Gasteiger partial charge is 0.493 e. The number of ether oxygens (including phenoxy) is 4. The molecule has 0 bridgehead atoms. The maximum absolute atomic E-state index is 13.9. The third kappa shape index (κ3) is 8.38. The van der Waals surface area contributed by atoms with Gasteiger partial charge in [0.15, 0.2) is 17.5 Å². The number of halogens is 1. The Hall–Kier alpha value is -5.25. The third-order valence-corrected chi connectivity index (χ3v) is 6.34. The van der Waals surface area contributed by atoms with E-state index in [-0.39, 0.29) is 29.4 Å². The molecule has 0 aliphatic heterocycles. The van der Waals surface area contributed by atoms with Gasteiger partial charge in [-0.25, -0.2) is 14.2 Å². The van der Waals surface area contributed by atoms with Crippen molar-refractivity contribution in [2.45, 2.75) is 38.5 Å². The second-order valence-electron chi connectivity index (χ2n) is 9.55. The molecule has 222 valence electrons. The second-order valence-corrected chi connectivity index (χ2v) is 9.55. The van der Waals surface area contributed by atoms with Gasteiger partial charge in [0.25, 0.3) is 5.91 Å².